The number of amides is 3. The summed E-state index contributed by atoms with van der Waals surface area (Å²) >= 11 is 0. The van der Waals surface area contributed by atoms with E-state index < -0.39 is 6.03 Å². The number of hydrogen-bond acceptors (Lipinski definition) is 4. The Bertz CT molecular complexity index is 799. The minimum Gasteiger partial charge on any atom is -0.396 e. The van der Waals surface area contributed by atoms with Crippen LogP contribution in [-0.4, -0.2) is 40.0 Å². The molecule has 3 rings (SSSR count). The van der Waals surface area contributed by atoms with E-state index in [2.05, 4.69) is 22.5 Å². The van der Waals surface area contributed by atoms with Gasteiger partial charge in [0.25, 0.3) is 0 Å². The number of hydrogen-bond donors (Lipinski definition) is 2. The van der Waals surface area contributed by atoms with Gasteiger partial charge in [0.15, 0.2) is 5.82 Å². The molecule has 7 heteroatoms. The van der Waals surface area contributed by atoms with Gasteiger partial charge < -0.3 is 5.11 Å². The van der Waals surface area contributed by atoms with Crippen molar-refractivity contribution >= 4 is 28.7 Å². The van der Waals surface area contributed by atoms with Crippen LogP contribution in [-0.2, 0) is 18.3 Å². The quantitative estimate of drug-likeness (QED) is 0.710. The number of nitrogens with zero attached hydrogens (tertiary/aromatic N) is 3. The van der Waals surface area contributed by atoms with Crippen molar-refractivity contribution in [3.05, 3.63) is 23.8 Å². The van der Waals surface area contributed by atoms with Crippen molar-refractivity contribution in [3.63, 3.8) is 0 Å². The Balaban J connectivity index is 1.70. The van der Waals surface area contributed by atoms with Crippen LogP contribution in [0.5, 0.6) is 0 Å². The Labute approximate surface area is 153 Å². The zero-order valence-corrected chi connectivity index (χ0v) is 15.2. The van der Waals surface area contributed by atoms with Gasteiger partial charge in [-0.15, -0.1) is 0 Å². The number of anilines is 1. The van der Waals surface area contributed by atoms with Crippen molar-refractivity contribution < 1.29 is 14.7 Å². The molecule has 0 saturated carbocycles. The van der Waals surface area contributed by atoms with Gasteiger partial charge in [0, 0.05) is 32.0 Å². The first-order chi connectivity index (χ1) is 12.6. The predicted octanol–water partition coefficient (Wildman–Crippen LogP) is 2.50. The molecule has 1 aromatic heterocycles. The number of carbonyl (C=O) groups is 2. The van der Waals surface area contributed by atoms with Gasteiger partial charge in [0.05, 0.1) is 5.52 Å². The van der Waals surface area contributed by atoms with E-state index in [0.717, 1.165) is 49.4 Å². The molecule has 1 aliphatic heterocycles. The van der Waals surface area contributed by atoms with Crippen LogP contribution in [0.2, 0.25) is 0 Å². The molecule has 2 heterocycles. The number of aliphatic hydroxyl groups excluding tert-OH is 1. The van der Waals surface area contributed by atoms with Crippen molar-refractivity contribution in [1.29, 1.82) is 0 Å². The van der Waals surface area contributed by atoms with Crippen molar-refractivity contribution in [2.45, 2.75) is 44.9 Å². The lowest BCUT2D eigenvalue weighted by Crippen LogP contribution is -2.49. The number of aromatic nitrogens is 2. The maximum atomic E-state index is 12.1. The highest BCUT2D eigenvalue weighted by Gasteiger charge is 2.27. The number of urea groups is 1. The molecular formula is C19H26N4O3. The number of carbonyl (C=O) groups excluding carboxylic acids is 2. The van der Waals surface area contributed by atoms with Crippen LogP contribution >= 0.6 is 0 Å². The largest absolute Gasteiger partial charge is 0.396 e. The Morgan fingerprint density at radius 3 is 2.69 bits per heavy atom. The molecule has 0 unspecified atom stereocenters. The van der Waals surface area contributed by atoms with Crippen molar-refractivity contribution in [2.75, 3.05) is 18.1 Å². The lowest BCUT2D eigenvalue weighted by atomic mass is 10.0. The molecule has 0 radical (unpaired) electrons. The van der Waals surface area contributed by atoms with Crippen LogP contribution in [0.15, 0.2) is 18.2 Å². The summed E-state index contributed by atoms with van der Waals surface area (Å²) in [7, 11) is 1.87. The monoisotopic (exact) mass is 358 g/mol. The number of aryl methyl sites for hydroxylation is 2. The molecule has 7 nitrogen and oxygen atoms in total. The molecule has 0 spiro atoms. The van der Waals surface area contributed by atoms with Crippen LogP contribution in [0.1, 0.15) is 44.1 Å². The van der Waals surface area contributed by atoms with Gasteiger partial charge in [-0.2, -0.15) is 5.10 Å². The Morgan fingerprint density at radius 1 is 1.15 bits per heavy atom. The fraction of sp³-hybridized carbons (Fsp3) is 0.526. The molecule has 26 heavy (non-hydrogen) atoms. The summed E-state index contributed by atoms with van der Waals surface area (Å²) in [6, 6.07) is 5.83. The SMILES string of the molecule is Cn1nc(N2CCC(=O)NC2=O)c2ccc(CCCCCCCO)cc21. The van der Waals surface area contributed by atoms with Crippen molar-refractivity contribution in [2.24, 2.45) is 7.05 Å². The smallest absolute Gasteiger partial charge is 0.329 e. The van der Waals surface area contributed by atoms with E-state index in [1.807, 2.05) is 13.1 Å². The van der Waals surface area contributed by atoms with Crippen LogP contribution in [0.4, 0.5) is 10.6 Å². The van der Waals surface area contributed by atoms with Gasteiger partial charge in [-0.1, -0.05) is 25.3 Å². The van der Waals surface area contributed by atoms with E-state index in [0.29, 0.717) is 12.4 Å². The fourth-order valence-corrected chi connectivity index (χ4v) is 3.38. The van der Waals surface area contributed by atoms with Gasteiger partial charge in [-0.25, -0.2) is 4.79 Å². The van der Waals surface area contributed by atoms with Crippen LogP contribution in [0, 0.1) is 0 Å². The maximum absolute atomic E-state index is 12.1. The average molecular weight is 358 g/mol. The highest BCUT2D eigenvalue weighted by Crippen LogP contribution is 2.28. The standard InChI is InChI=1S/C19H26N4O3/c1-22-16-13-14(7-5-3-2-4-6-12-24)8-9-15(16)18(21-22)23-11-10-17(25)20-19(23)26/h8-9,13,24H,2-7,10-12H2,1H3,(H,20,25,26). The number of unbranched alkanes of at least 4 members (excludes halogenated alkanes) is 4. The summed E-state index contributed by atoms with van der Waals surface area (Å²) < 4.78 is 1.79. The lowest BCUT2D eigenvalue weighted by Gasteiger charge is -2.24. The van der Waals surface area contributed by atoms with Crippen molar-refractivity contribution in [1.82, 2.24) is 15.1 Å². The highest BCUT2D eigenvalue weighted by atomic mass is 16.3. The molecule has 1 fully saturated rings. The van der Waals surface area contributed by atoms with Gasteiger partial charge in [0.2, 0.25) is 5.91 Å². The molecule has 1 aromatic carbocycles. The number of nitrogens with one attached hydrogen (secondary N) is 1. The maximum Gasteiger partial charge on any atom is 0.329 e. The van der Waals surface area contributed by atoms with Crippen molar-refractivity contribution in [3.8, 4) is 0 Å². The van der Waals surface area contributed by atoms with Gasteiger partial charge in [0.1, 0.15) is 0 Å². The molecule has 1 aliphatic rings. The summed E-state index contributed by atoms with van der Waals surface area (Å²) in [6.07, 6.45) is 6.71. The van der Waals surface area contributed by atoms with Crippen LogP contribution < -0.4 is 10.2 Å². The molecular weight excluding hydrogens is 332 g/mol. The number of benzene rings is 1. The molecule has 140 valence electrons. The molecule has 0 bridgehead atoms. The third-order valence-corrected chi connectivity index (χ3v) is 4.83. The fourth-order valence-electron chi connectivity index (χ4n) is 3.38. The molecule has 2 aromatic rings. The second-order valence-electron chi connectivity index (χ2n) is 6.80. The third-order valence-electron chi connectivity index (χ3n) is 4.83. The average Bonchev–Trinajstić information content (AvgIpc) is 2.94. The number of aliphatic hydroxyl groups is 1. The van der Waals surface area contributed by atoms with Crippen LogP contribution in [0.25, 0.3) is 10.9 Å². The van der Waals surface area contributed by atoms with E-state index >= 15 is 0 Å². The van der Waals surface area contributed by atoms with Gasteiger partial charge >= 0.3 is 6.03 Å². The Morgan fingerprint density at radius 2 is 1.92 bits per heavy atom. The summed E-state index contributed by atoms with van der Waals surface area (Å²) in [4.78, 5) is 25.0. The molecule has 0 atom stereocenters. The van der Waals surface area contributed by atoms with Gasteiger partial charge in [-0.05, 0) is 37.0 Å². The van der Waals surface area contributed by atoms with E-state index in [1.54, 1.807) is 4.68 Å². The summed E-state index contributed by atoms with van der Waals surface area (Å²) in [5.74, 6) is 0.357. The molecule has 1 saturated heterocycles. The predicted molar refractivity (Wildman–Crippen MR) is 100 cm³/mol. The first-order valence-corrected chi connectivity index (χ1v) is 9.28. The normalized spacial score (nSPS) is 14.9. The van der Waals surface area contributed by atoms with E-state index in [-0.39, 0.29) is 18.9 Å². The number of rotatable bonds is 8. The topological polar surface area (TPSA) is 87.5 Å². The zero-order chi connectivity index (χ0) is 18.5. The van der Waals surface area contributed by atoms with E-state index in [9.17, 15) is 9.59 Å². The van der Waals surface area contributed by atoms with Crippen LogP contribution in [0.3, 0.4) is 0 Å². The minimum atomic E-state index is -0.409. The summed E-state index contributed by atoms with van der Waals surface area (Å²) in [6.45, 7) is 0.634. The summed E-state index contributed by atoms with van der Waals surface area (Å²) in [5.41, 5.74) is 2.25. The first-order valence-electron chi connectivity index (χ1n) is 9.28. The molecule has 0 aliphatic carbocycles. The van der Waals surface area contributed by atoms with E-state index in [4.69, 9.17) is 5.11 Å². The van der Waals surface area contributed by atoms with Gasteiger partial charge in [-0.3, -0.25) is 19.7 Å². The molecule has 2 N–H and O–H groups in total. The first kappa shape index (κ1) is 18.4. The highest BCUT2D eigenvalue weighted by molar-refractivity contribution is 6.08. The zero-order valence-electron chi connectivity index (χ0n) is 15.2. The molecule has 3 amide bonds. The number of imide groups is 1. The lowest BCUT2D eigenvalue weighted by molar-refractivity contribution is -0.120. The summed E-state index contributed by atoms with van der Waals surface area (Å²) in [5, 5.41) is 16.6. The van der Waals surface area contributed by atoms with E-state index in [1.165, 1.54) is 10.5 Å². The number of fused-ring (bicyclic) bond motifs is 1. The Kier molecular flexibility index (Phi) is 5.88. The third kappa shape index (κ3) is 4.04. The minimum absolute atomic E-state index is 0.243. The Hall–Kier alpha value is -2.41. The second-order valence-corrected chi connectivity index (χ2v) is 6.80. The second kappa shape index (κ2) is 8.31.